The van der Waals surface area contributed by atoms with Crippen LogP contribution < -0.4 is 5.56 Å². The van der Waals surface area contributed by atoms with Crippen LogP contribution >= 0.6 is 0 Å². The third-order valence-corrected chi connectivity index (χ3v) is 3.47. The van der Waals surface area contributed by atoms with Crippen LogP contribution in [0.25, 0.3) is 5.69 Å². The molecule has 23 heavy (non-hydrogen) atoms. The van der Waals surface area contributed by atoms with E-state index < -0.39 is 0 Å². The van der Waals surface area contributed by atoms with Gasteiger partial charge >= 0.3 is 0 Å². The lowest BCUT2D eigenvalue weighted by atomic mass is 10.2. The van der Waals surface area contributed by atoms with E-state index in [0.29, 0.717) is 16.9 Å². The molecule has 6 heteroatoms. The highest BCUT2D eigenvalue weighted by atomic mass is 16.3. The Morgan fingerprint density at radius 2 is 1.74 bits per heavy atom. The summed E-state index contributed by atoms with van der Waals surface area (Å²) in [5, 5.41) is 20.5. The van der Waals surface area contributed by atoms with Crippen molar-refractivity contribution in [2.24, 2.45) is 10.2 Å². The van der Waals surface area contributed by atoms with Crippen molar-refractivity contribution >= 4 is 11.4 Å². The van der Waals surface area contributed by atoms with Gasteiger partial charge in [-0.3, -0.25) is 9.89 Å². The maximum Gasteiger partial charge on any atom is 0.299 e. The van der Waals surface area contributed by atoms with Gasteiger partial charge in [-0.15, -0.1) is 10.2 Å². The first-order valence-electron chi connectivity index (χ1n) is 7.18. The lowest BCUT2D eigenvalue weighted by molar-refractivity contribution is 0.282. The number of rotatable bonds is 4. The van der Waals surface area contributed by atoms with Crippen LogP contribution in [0.3, 0.4) is 0 Å². The normalized spacial score (nSPS) is 11.2. The highest BCUT2D eigenvalue weighted by Gasteiger charge is 2.12. The molecule has 3 rings (SSSR count). The Morgan fingerprint density at radius 1 is 1.04 bits per heavy atom. The first kappa shape index (κ1) is 14.9. The molecular formula is C17H16N4O2. The van der Waals surface area contributed by atoms with Crippen LogP contribution in [0.1, 0.15) is 11.3 Å². The fourth-order valence-corrected chi connectivity index (χ4v) is 2.26. The number of hydrogen-bond acceptors (Lipinski definition) is 4. The largest absolute Gasteiger partial charge is 0.392 e. The number of H-pyrrole nitrogens is 1. The van der Waals surface area contributed by atoms with Gasteiger partial charge < -0.3 is 5.11 Å². The zero-order valence-corrected chi connectivity index (χ0v) is 12.6. The third-order valence-electron chi connectivity index (χ3n) is 3.47. The molecule has 0 fully saturated rings. The van der Waals surface area contributed by atoms with E-state index in [-0.39, 0.29) is 17.9 Å². The minimum atomic E-state index is -0.265. The van der Waals surface area contributed by atoms with Gasteiger partial charge in [-0.25, -0.2) is 4.68 Å². The van der Waals surface area contributed by atoms with Gasteiger partial charge in [0.25, 0.3) is 5.56 Å². The van der Waals surface area contributed by atoms with E-state index in [0.717, 1.165) is 5.69 Å². The van der Waals surface area contributed by atoms with E-state index in [9.17, 15) is 9.90 Å². The van der Waals surface area contributed by atoms with Crippen molar-refractivity contribution in [2.75, 3.05) is 0 Å². The van der Waals surface area contributed by atoms with Crippen LogP contribution in [0.2, 0.25) is 0 Å². The first-order chi connectivity index (χ1) is 11.2. The van der Waals surface area contributed by atoms with Gasteiger partial charge in [-0.2, -0.15) is 0 Å². The molecule has 6 nitrogen and oxygen atoms in total. The van der Waals surface area contributed by atoms with Crippen LogP contribution in [0, 0.1) is 6.92 Å². The number of aromatic nitrogens is 2. The molecule has 1 aromatic heterocycles. The second kappa shape index (κ2) is 6.41. The number of nitrogens with one attached hydrogen (secondary N) is 1. The highest BCUT2D eigenvalue weighted by molar-refractivity contribution is 5.47. The molecule has 0 atom stereocenters. The summed E-state index contributed by atoms with van der Waals surface area (Å²) in [6, 6.07) is 16.4. The van der Waals surface area contributed by atoms with Gasteiger partial charge in [-0.1, -0.05) is 36.4 Å². The molecule has 0 aliphatic rings. The van der Waals surface area contributed by atoms with E-state index in [1.807, 2.05) is 36.4 Å². The molecule has 0 bridgehead atoms. The van der Waals surface area contributed by atoms with Gasteiger partial charge in [0, 0.05) is 5.56 Å². The summed E-state index contributed by atoms with van der Waals surface area (Å²) in [5.41, 5.74) is 2.55. The minimum Gasteiger partial charge on any atom is -0.392 e. The molecule has 0 aliphatic carbocycles. The number of hydrogen-bond donors (Lipinski definition) is 2. The third kappa shape index (κ3) is 2.97. The Bertz CT molecular complexity index is 894. The molecule has 0 saturated heterocycles. The Morgan fingerprint density at radius 3 is 2.48 bits per heavy atom. The van der Waals surface area contributed by atoms with Gasteiger partial charge in [0.05, 0.1) is 23.7 Å². The van der Waals surface area contributed by atoms with Crippen LogP contribution in [-0.2, 0) is 6.61 Å². The number of azo groups is 1. The average molecular weight is 308 g/mol. The fraction of sp³-hybridized carbons (Fsp3) is 0.118. The summed E-state index contributed by atoms with van der Waals surface area (Å²) >= 11 is 0. The number of aliphatic hydroxyl groups is 1. The second-order valence-electron chi connectivity index (χ2n) is 5.05. The molecule has 3 aromatic rings. The summed E-state index contributed by atoms with van der Waals surface area (Å²) in [6.07, 6.45) is 0. The molecular weight excluding hydrogens is 292 g/mol. The van der Waals surface area contributed by atoms with Crippen molar-refractivity contribution in [1.29, 1.82) is 0 Å². The van der Waals surface area contributed by atoms with Crippen molar-refractivity contribution in [3.05, 3.63) is 76.2 Å². The Labute approximate surface area is 132 Å². The molecule has 0 unspecified atom stereocenters. The lowest BCUT2D eigenvalue weighted by Crippen LogP contribution is -2.13. The van der Waals surface area contributed by atoms with E-state index in [1.54, 1.807) is 25.1 Å². The Kier molecular flexibility index (Phi) is 4.16. The topological polar surface area (TPSA) is 82.7 Å². The van der Waals surface area contributed by atoms with E-state index in [2.05, 4.69) is 15.3 Å². The van der Waals surface area contributed by atoms with Crippen molar-refractivity contribution in [1.82, 2.24) is 9.78 Å². The SMILES string of the molecule is Cc1[nH]n(-c2ccccc2)c(=O)c1N=Nc1ccccc1CO. The van der Waals surface area contributed by atoms with Crippen molar-refractivity contribution in [3.63, 3.8) is 0 Å². The van der Waals surface area contributed by atoms with E-state index in [4.69, 9.17) is 0 Å². The molecule has 0 aliphatic heterocycles. The number of para-hydroxylation sites is 1. The molecule has 0 spiro atoms. The molecule has 2 aromatic carbocycles. The standard InChI is InChI=1S/C17H16N4O2/c1-12-16(19-18-15-10-6-5-7-13(15)11-22)17(23)21(20-12)14-8-3-2-4-9-14/h2-10,20,22H,11H2,1H3. The molecule has 0 saturated carbocycles. The number of aryl methyl sites for hydroxylation is 1. The van der Waals surface area contributed by atoms with E-state index in [1.165, 1.54) is 4.68 Å². The molecule has 116 valence electrons. The van der Waals surface area contributed by atoms with Gasteiger partial charge in [0.2, 0.25) is 0 Å². The van der Waals surface area contributed by atoms with Crippen molar-refractivity contribution in [3.8, 4) is 5.69 Å². The maximum absolute atomic E-state index is 12.5. The molecule has 0 radical (unpaired) electrons. The quantitative estimate of drug-likeness (QED) is 0.724. The van der Waals surface area contributed by atoms with E-state index >= 15 is 0 Å². The van der Waals surface area contributed by atoms with Crippen LogP contribution in [-0.4, -0.2) is 14.9 Å². The van der Waals surface area contributed by atoms with Crippen LogP contribution in [0.15, 0.2) is 69.6 Å². The number of aromatic amines is 1. The average Bonchev–Trinajstić information content (AvgIpc) is 2.88. The number of nitrogens with zero attached hydrogens (tertiary/aromatic N) is 3. The summed E-state index contributed by atoms with van der Waals surface area (Å²) in [4.78, 5) is 12.5. The summed E-state index contributed by atoms with van der Waals surface area (Å²) in [5.74, 6) is 0. The summed E-state index contributed by atoms with van der Waals surface area (Å²) < 4.78 is 1.43. The zero-order valence-electron chi connectivity index (χ0n) is 12.6. The Hall–Kier alpha value is -2.99. The van der Waals surface area contributed by atoms with Crippen molar-refractivity contribution in [2.45, 2.75) is 13.5 Å². The zero-order chi connectivity index (χ0) is 16.2. The van der Waals surface area contributed by atoms with Crippen LogP contribution in [0.4, 0.5) is 11.4 Å². The predicted molar refractivity (Wildman–Crippen MR) is 87.7 cm³/mol. The molecule has 2 N–H and O–H groups in total. The molecule has 0 amide bonds. The minimum absolute atomic E-state index is 0.129. The number of benzene rings is 2. The van der Waals surface area contributed by atoms with Crippen molar-refractivity contribution < 1.29 is 5.11 Å². The monoisotopic (exact) mass is 308 g/mol. The van der Waals surface area contributed by atoms with Crippen LogP contribution in [0.5, 0.6) is 0 Å². The fourth-order valence-electron chi connectivity index (χ4n) is 2.26. The maximum atomic E-state index is 12.5. The summed E-state index contributed by atoms with van der Waals surface area (Å²) in [6.45, 7) is 1.64. The predicted octanol–water partition coefficient (Wildman–Crippen LogP) is 3.38. The van der Waals surface area contributed by atoms with Gasteiger partial charge in [0.15, 0.2) is 5.69 Å². The Balaban J connectivity index is 2.00. The highest BCUT2D eigenvalue weighted by Crippen LogP contribution is 2.22. The number of aliphatic hydroxyl groups excluding tert-OH is 1. The second-order valence-corrected chi connectivity index (χ2v) is 5.05. The first-order valence-corrected chi connectivity index (χ1v) is 7.18. The smallest absolute Gasteiger partial charge is 0.299 e. The summed E-state index contributed by atoms with van der Waals surface area (Å²) in [7, 11) is 0. The molecule has 1 heterocycles. The lowest BCUT2D eigenvalue weighted by Gasteiger charge is -1.99. The van der Waals surface area contributed by atoms with Gasteiger partial charge in [-0.05, 0) is 25.1 Å². The van der Waals surface area contributed by atoms with Gasteiger partial charge in [0.1, 0.15) is 0 Å².